The highest BCUT2D eigenvalue weighted by molar-refractivity contribution is 5.66. The monoisotopic (exact) mass is 338 g/mol. The summed E-state index contributed by atoms with van der Waals surface area (Å²) >= 11 is 0. The molecule has 0 bridgehead atoms. The Balaban J connectivity index is 2.71. The van der Waals surface area contributed by atoms with Crippen molar-refractivity contribution in [2.45, 2.75) is 103 Å². The second-order valence-electron chi connectivity index (χ2n) is 7.03. The molecular formula is C20H34O4. The predicted molar refractivity (Wildman–Crippen MR) is 96.2 cm³/mol. The average molecular weight is 338 g/mol. The minimum Gasteiger partial charge on any atom is -0.481 e. The SMILES string of the molecule is O=C(O)CCCC1=C(CCCC(=O)O)CCCCCCCCCC1. The van der Waals surface area contributed by atoms with Gasteiger partial charge in [0.1, 0.15) is 0 Å². The van der Waals surface area contributed by atoms with Gasteiger partial charge in [0.2, 0.25) is 0 Å². The van der Waals surface area contributed by atoms with E-state index in [9.17, 15) is 9.59 Å². The molecule has 0 spiro atoms. The molecule has 4 nitrogen and oxygen atoms in total. The molecule has 24 heavy (non-hydrogen) atoms. The van der Waals surface area contributed by atoms with Gasteiger partial charge in [-0.05, 0) is 51.4 Å². The molecule has 0 aliphatic heterocycles. The zero-order valence-corrected chi connectivity index (χ0v) is 15.0. The van der Waals surface area contributed by atoms with E-state index in [4.69, 9.17) is 10.2 Å². The Labute approximate surface area is 146 Å². The third-order valence-corrected chi connectivity index (χ3v) is 4.95. The first-order valence-corrected chi connectivity index (χ1v) is 9.73. The second-order valence-corrected chi connectivity index (χ2v) is 7.03. The van der Waals surface area contributed by atoms with Crippen LogP contribution in [0.4, 0.5) is 0 Å². The molecule has 2 N–H and O–H groups in total. The number of rotatable bonds is 8. The molecule has 0 radical (unpaired) electrons. The van der Waals surface area contributed by atoms with E-state index in [0.29, 0.717) is 12.8 Å². The predicted octanol–water partition coefficient (Wildman–Crippen LogP) is 5.71. The number of carboxylic acids is 2. The summed E-state index contributed by atoms with van der Waals surface area (Å²) in [4.78, 5) is 21.6. The van der Waals surface area contributed by atoms with Gasteiger partial charge in [-0.15, -0.1) is 0 Å². The molecule has 0 atom stereocenters. The summed E-state index contributed by atoms with van der Waals surface area (Å²) in [6, 6.07) is 0. The van der Waals surface area contributed by atoms with Crippen molar-refractivity contribution in [2.75, 3.05) is 0 Å². The maximum absolute atomic E-state index is 10.8. The molecule has 0 aromatic rings. The largest absolute Gasteiger partial charge is 0.481 e. The van der Waals surface area contributed by atoms with E-state index in [2.05, 4.69) is 0 Å². The number of allylic oxidation sites excluding steroid dienone is 2. The summed E-state index contributed by atoms with van der Waals surface area (Å²) in [5.41, 5.74) is 2.87. The van der Waals surface area contributed by atoms with Crippen molar-refractivity contribution in [1.82, 2.24) is 0 Å². The van der Waals surface area contributed by atoms with Gasteiger partial charge < -0.3 is 10.2 Å². The van der Waals surface area contributed by atoms with Gasteiger partial charge in [0.15, 0.2) is 0 Å². The zero-order chi connectivity index (χ0) is 17.6. The fourth-order valence-electron chi connectivity index (χ4n) is 3.60. The van der Waals surface area contributed by atoms with Crippen LogP contribution in [0.3, 0.4) is 0 Å². The molecule has 1 rings (SSSR count). The van der Waals surface area contributed by atoms with Crippen molar-refractivity contribution in [1.29, 1.82) is 0 Å². The highest BCUT2D eigenvalue weighted by atomic mass is 16.4. The van der Waals surface area contributed by atoms with Gasteiger partial charge in [-0.1, -0.05) is 49.7 Å². The Morgan fingerprint density at radius 2 is 0.958 bits per heavy atom. The number of carbonyl (C=O) groups is 2. The molecule has 1 aliphatic carbocycles. The van der Waals surface area contributed by atoms with Crippen molar-refractivity contribution in [3.8, 4) is 0 Å². The van der Waals surface area contributed by atoms with Crippen molar-refractivity contribution in [3.63, 3.8) is 0 Å². The summed E-state index contributed by atoms with van der Waals surface area (Å²) in [7, 11) is 0. The molecule has 0 amide bonds. The van der Waals surface area contributed by atoms with Crippen molar-refractivity contribution < 1.29 is 19.8 Å². The van der Waals surface area contributed by atoms with E-state index in [0.717, 1.165) is 25.7 Å². The molecule has 0 heterocycles. The first-order chi connectivity index (χ1) is 11.6. The normalized spacial score (nSPS) is 17.8. The van der Waals surface area contributed by atoms with Crippen LogP contribution in [-0.4, -0.2) is 22.2 Å². The number of hydrogen-bond acceptors (Lipinski definition) is 2. The van der Waals surface area contributed by atoms with E-state index >= 15 is 0 Å². The molecule has 0 saturated carbocycles. The molecule has 0 fully saturated rings. The van der Waals surface area contributed by atoms with Crippen LogP contribution in [0.1, 0.15) is 103 Å². The van der Waals surface area contributed by atoms with Crippen LogP contribution in [0.5, 0.6) is 0 Å². The van der Waals surface area contributed by atoms with Gasteiger partial charge in [-0.3, -0.25) is 9.59 Å². The van der Waals surface area contributed by atoms with Crippen molar-refractivity contribution >= 4 is 11.9 Å². The van der Waals surface area contributed by atoms with E-state index in [1.54, 1.807) is 0 Å². The van der Waals surface area contributed by atoms with Gasteiger partial charge in [0, 0.05) is 12.8 Å². The lowest BCUT2D eigenvalue weighted by atomic mass is 9.89. The van der Waals surface area contributed by atoms with E-state index < -0.39 is 11.9 Å². The van der Waals surface area contributed by atoms with Crippen LogP contribution in [0, 0.1) is 0 Å². The van der Waals surface area contributed by atoms with Crippen LogP contribution < -0.4 is 0 Å². The summed E-state index contributed by atoms with van der Waals surface area (Å²) in [6.07, 6.45) is 15.9. The number of aliphatic carboxylic acids is 2. The van der Waals surface area contributed by atoms with E-state index in [-0.39, 0.29) is 12.8 Å². The Morgan fingerprint density at radius 3 is 1.29 bits per heavy atom. The minimum absolute atomic E-state index is 0.228. The van der Waals surface area contributed by atoms with Crippen molar-refractivity contribution in [2.24, 2.45) is 0 Å². The fourth-order valence-corrected chi connectivity index (χ4v) is 3.60. The van der Waals surface area contributed by atoms with Crippen LogP contribution >= 0.6 is 0 Å². The van der Waals surface area contributed by atoms with Crippen LogP contribution in [0.15, 0.2) is 11.1 Å². The molecular weight excluding hydrogens is 304 g/mol. The first kappa shape index (κ1) is 20.7. The topological polar surface area (TPSA) is 74.6 Å². The summed E-state index contributed by atoms with van der Waals surface area (Å²) in [5.74, 6) is -1.45. The molecule has 0 aromatic heterocycles. The summed E-state index contributed by atoms with van der Waals surface area (Å²) in [5, 5.41) is 17.8. The maximum atomic E-state index is 10.8. The highest BCUT2D eigenvalue weighted by Crippen LogP contribution is 2.28. The molecule has 0 saturated heterocycles. The standard InChI is InChI=1S/C20H34O4/c21-19(22)15-9-13-17-11-7-5-3-1-2-4-6-8-12-18(17)14-10-16-20(23)24/h1-16H2,(H,21,22)(H,23,24). The Hall–Kier alpha value is -1.32. The third-order valence-electron chi connectivity index (χ3n) is 4.95. The molecule has 138 valence electrons. The summed E-state index contributed by atoms with van der Waals surface area (Å²) in [6.45, 7) is 0. The van der Waals surface area contributed by atoms with Crippen molar-refractivity contribution in [3.05, 3.63) is 11.1 Å². The van der Waals surface area contributed by atoms with Crippen LogP contribution in [0.25, 0.3) is 0 Å². The molecule has 0 unspecified atom stereocenters. The lowest BCUT2D eigenvalue weighted by Gasteiger charge is -2.17. The van der Waals surface area contributed by atoms with Crippen LogP contribution in [0.2, 0.25) is 0 Å². The lowest BCUT2D eigenvalue weighted by molar-refractivity contribution is -0.138. The van der Waals surface area contributed by atoms with E-state index in [1.807, 2.05) is 0 Å². The first-order valence-electron chi connectivity index (χ1n) is 9.73. The number of hydrogen-bond donors (Lipinski definition) is 2. The van der Waals surface area contributed by atoms with Gasteiger partial charge in [-0.2, -0.15) is 0 Å². The average Bonchev–Trinajstić information content (AvgIpc) is 2.51. The highest BCUT2D eigenvalue weighted by Gasteiger charge is 2.10. The smallest absolute Gasteiger partial charge is 0.303 e. The summed E-state index contributed by atoms with van der Waals surface area (Å²) < 4.78 is 0. The number of carboxylic acid groups (broad SMARTS) is 2. The Morgan fingerprint density at radius 1 is 0.625 bits per heavy atom. The zero-order valence-electron chi connectivity index (χ0n) is 15.0. The second kappa shape index (κ2) is 13.0. The van der Waals surface area contributed by atoms with Gasteiger partial charge in [0.25, 0.3) is 0 Å². The Bertz CT molecular complexity index is 374. The van der Waals surface area contributed by atoms with Crippen LogP contribution in [-0.2, 0) is 9.59 Å². The van der Waals surface area contributed by atoms with Gasteiger partial charge >= 0.3 is 11.9 Å². The minimum atomic E-state index is -0.726. The van der Waals surface area contributed by atoms with Gasteiger partial charge in [0.05, 0.1) is 0 Å². The lowest BCUT2D eigenvalue weighted by Crippen LogP contribution is -2.01. The maximum Gasteiger partial charge on any atom is 0.303 e. The molecule has 0 aromatic carbocycles. The quantitative estimate of drug-likeness (QED) is 0.556. The van der Waals surface area contributed by atoms with E-state index in [1.165, 1.54) is 62.5 Å². The molecule has 1 aliphatic rings. The van der Waals surface area contributed by atoms with Gasteiger partial charge in [-0.25, -0.2) is 0 Å². The molecule has 4 heteroatoms. The fraction of sp³-hybridized carbons (Fsp3) is 0.800. The third kappa shape index (κ3) is 10.5. The Kier molecular flexibility index (Phi) is 11.2.